The van der Waals surface area contributed by atoms with E-state index in [9.17, 15) is 0 Å². The lowest BCUT2D eigenvalue weighted by Crippen LogP contribution is -2.11. The van der Waals surface area contributed by atoms with Gasteiger partial charge in [-0.1, -0.05) is 42.5 Å². The predicted octanol–water partition coefficient (Wildman–Crippen LogP) is 2.48. The summed E-state index contributed by atoms with van der Waals surface area (Å²) in [6, 6.07) is 11.8. The summed E-state index contributed by atoms with van der Waals surface area (Å²) in [7, 11) is 1.62. The first-order valence-corrected chi connectivity index (χ1v) is 5.00. The van der Waals surface area contributed by atoms with E-state index >= 15 is 0 Å². The fraction of sp³-hybridized carbons (Fsp3) is 0.0833. The molecular formula is C12H11NOS. The average molecular weight is 217 g/mol. The highest BCUT2D eigenvalue weighted by atomic mass is 32.1. The van der Waals surface area contributed by atoms with Gasteiger partial charge in [-0.2, -0.15) is 0 Å². The van der Waals surface area contributed by atoms with Gasteiger partial charge in [0.15, 0.2) is 0 Å². The van der Waals surface area contributed by atoms with E-state index in [1.54, 1.807) is 7.11 Å². The van der Waals surface area contributed by atoms with Crippen molar-refractivity contribution >= 4 is 28.0 Å². The van der Waals surface area contributed by atoms with Crippen molar-refractivity contribution in [3.05, 3.63) is 42.0 Å². The van der Waals surface area contributed by atoms with Gasteiger partial charge in [0.1, 0.15) is 10.7 Å². The molecule has 0 aliphatic heterocycles. The van der Waals surface area contributed by atoms with E-state index in [-0.39, 0.29) is 0 Å². The largest absolute Gasteiger partial charge is 0.496 e. The van der Waals surface area contributed by atoms with E-state index in [1.807, 2.05) is 36.4 Å². The van der Waals surface area contributed by atoms with E-state index in [2.05, 4.69) is 0 Å². The molecule has 0 atom stereocenters. The lowest BCUT2D eigenvalue weighted by molar-refractivity contribution is 0.414. The van der Waals surface area contributed by atoms with Gasteiger partial charge >= 0.3 is 0 Å². The number of thiocarbonyl (C=S) groups is 1. The van der Waals surface area contributed by atoms with Gasteiger partial charge in [0.2, 0.25) is 0 Å². The van der Waals surface area contributed by atoms with Crippen molar-refractivity contribution in [2.75, 3.05) is 7.11 Å². The van der Waals surface area contributed by atoms with Gasteiger partial charge in [0.05, 0.1) is 12.7 Å². The molecule has 0 unspecified atom stereocenters. The van der Waals surface area contributed by atoms with Gasteiger partial charge < -0.3 is 10.5 Å². The highest BCUT2D eigenvalue weighted by Crippen LogP contribution is 2.27. The Morgan fingerprint density at radius 2 is 1.93 bits per heavy atom. The van der Waals surface area contributed by atoms with Crippen LogP contribution in [0.1, 0.15) is 5.56 Å². The Bertz CT molecular complexity index is 522. The third kappa shape index (κ3) is 1.66. The second-order valence-corrected chi connectivity index (χ2v) is 3.67. The zero-order valence-electron chi connectivity index (χ0n) is 8.36. The molecule has 2 aromatic carbocycles. The molecule has 0 saturated heterocycles. The summed E-state index contributed by atoms with van der Waals surface area (Å²) in [6.45, 7) is 0. The molecule has 2 rings (SSSR count). The minimum absolute atomic E-state index is 0.364. The van der Waals surface area contributed by atoms with Crippen LogP contribution < -0.4 is 10.5 Å². The van der Waals surface area contributed by atoms with Crippen molar-refractivity contribution < 1.29 is 4.74 Å². The standard InChI is InChI=1S/C12H11NOS/c1-14-10-7-6-8-4-2-3-5-9(8)11(10)12(13)15/h2-7H,1H3,(H2,13,15). The third-order valence-electron chi connectivity index (χ3n) is 2.36. The van der Waals surface area contributed by atoms with E-state index in [0.29, 0.717) is 4.99 Å². The lowest BCUT2D eigenvalue weighted by atomic mass is 10.0. The third-order valence-corrected chi connectivity index (χ3v) is 2.56. The van der Waals surface area contributed by atoms with Crippen LogP contribution in [0.2, 0.25) is 0 Å². The van der Waals surface area contributed by atoms with Crippen LogP contribution in [-0.2, 0) is 0 Å². The Hall–Kier alpha value is -1.61. The Balaban J connectivity index is 2.85. The summed E-state index contributed by atoms with van der Waals surface area (Å²) in [6.07, 6.45) is 0. The molecule has 0 aromatic heterocycles. The maximum Gasteiger partial charge on any atom is 0.129 e. The number of methoxy groups -OCH3 is 1. The quantitative estimate of drug-likeness (QED) is 0.785. The zero-order valence-corrected chi connectivity index (χ0v) is 9.17. The molecule has 2 N–H and O–H groups in total. The number of hydrogen-bond acceptors (Lipinski definition) is 2. The summed E-state index contributed by atoms with van der Waals surface area (Å²) < 4.78 is 5.25. The Kier molecular flexibility index (Phi) is 2.56. The van der Waals surface area contributed by atoms with Gasteiger partial charge in [-0.25, -0.2) is 0 Å². The van der Waals surface area contributed by atoms with Gasteiger partial charge in [-0.3, -0.25) is 0 Å². The molecule has 0 heterocycles. The van der Waals surface area contributed by atoms with Crippen LogP contribution in [0.15, 0.2) is 36.4 Å². The van der Waals surface area contributed by atoms with Gasteiger partial charge in [0.25, 0.3) is 0 Å². The second-order valence-electron chi connectivity index (χ2n) is 3.23. The Morgan fingerprint density at radius 3 is 2.60 bits per heavy atom. The summed E-state index contributed by atoms with van der Waals surface area (Å²) in [5.74, 6) is 0.723. The topological polar surface area (TPSA) is 35.2 Å². The van der Waals surface area contributed by atoms with E-state index < -0.39 is 0 Å². The highest BCUT2D eigenvalue weighted by molar-refractivity contribution is 7.80. The maximum atomic E-state index is 5.71. The minimum atomic E-state index is 0.364. The molecular weight excluding hydrogens is 206 g/mol. The molecule has 0 aliphatic carbocycles. The number of rotatable bonds is 2. The van der Waals surface area contributed by atoms with E-state index in [1.165, 1.54) is 0 Å². The van der Waals surface area contributed by atoms with Crippen LogP contribution in [0.25, 0.3) is 10.8 Å². The first-order chi connectivity index (χ1) is 7.24. The van der Waals surface area contributed by atoms with Crippen molar-refractivity contribution in [3.63, 3.8) is 0 Å². The van der Waals surface area contributed by atoms with Crippen molar-refractivity contribution in [3.8, 4) is 5.75 Å². The monoisotopic (exact) mass is 217 g/mol. The Morgan fingerprint density at radius 1 is 1.20 bits per heavy atom. The van der Waals surface area contributed by atoms with Crippen molar-refractivity contribution in [1.29, 1.82) is 0 Å². The van der Waals surface area contributed by atoms with Crippen molar-refractivity contribution in [2.45, 2.75) is 0 Å². The summed E-state index contributed by atoms with van der Waals surface area (Å²) >= 11 is 5.04. The molecule has 2 nitrogen and oxygen atoms in total. The lowest BCUT2D eigenvalue weighted by Gasteiger charge is -2.10. The molecule has 0 bridgehead atoms. The average Bonchev–Trinajstić information content (AvgIpc) is 2.27. The maximum absolute atomic E-state index is 5.71. The van der Waals surface area contributed by atoms with Crippen molar-refractivity contribution in [2.24, 2.45) is 5.73 Å². The second kappa shape index (κ2) is 3.87. The van der Waals surface area contributed by atoms with Crippen LogP contribution in [0.3, 0.4) is 0 Å². The van der Waals surface area contributed by atoms with Crippen LogP contribution in [0.5, 0.6) is 5.75 Å². The fourth-order valence-electron chi connectivity index (χ4n) is 1.68. The summed E-state index contributed by atoms with van der Waals surface area (Å²) in [5.41, 5.74) is 6.52. The molecule has 0 spiro atoms. The molecule has 0 fully saturated rings. The molecule has 76 valence electrons. The van der Waals surface area contributed by atoms with Crippen LogP contribution >= 0.6 is 12.2 Å². The number of benzene rings is 2. The fourth-order valence-corrected chi connectivity index (χ4v) is 1.89. The van der Waals surface area contributed by atoms with E-state index in [0.717, 1.165) is 22.1 Å². The van der Waals surface area contributed by atoms with Gasteiger partial charge in [-0.05, 0) is 16.8 Å². The first-order valence-electron chi connectivity index (χ1n) is 4.59. The summed E-state index contributed by atoms with van der Waals surface area (Å²) in [5, 5.41) is 2.14. The number of nitrogens with two attached hydrogens (primary N) is 1. The molecule has 15 heavy (non-hydrogen) atoms. The number of hydrogen-bond donors (Lipinski definition) is 1. The van der Waals surface area contributed by atoms with Gasteiger partial charge in [-0.15, -0.1) is 0 Å². The Labute approximate surface area is 93.7 Å². The predicted molar refractivity (Wildman–Crippen MR) is 66.4 cm³/mol. The number of ether oxygens (including phenoxy) is 1. The normalized spacial score (nSPS) is 10.2. The zero-order chi connectivity index (χ0) is 10.8. The molecule has 0 aliphatic rings. The minimum Gasteiger partial charge on any atom is -0.496 e. The summed E-state index contributed by atoms with van der Waals surface area (Å²) in [4.78, 5) is 0.364. The van der Waals surface area contributed by atoms with E-state index in [4.69, 9.17) is 22.7 Å². The van der Waals surface area contributed by atoms with Crippen molar-refractivity contribution in [1.82, 2.24) is 0 Å². The molecule has 0 radical (unpaired) electrons. The SMILES string of the molecule is COc1ccc2ccccc2c1C(N)=S. The molecule has 0 saturated carbocycles. The highest BCUT2D eigenvalue weighted by Gasteiger charge is 2.09. The first kappa shape index (κ1) is 9.93. The van der Waals surface area contributed by atoms with Crippen LogP contribution in [0.4, 0.5) is 0 Å². The number of fused-ring (bicyclic) bond motifs is 1. The molecule has 0 amide bonds. The smallest absolute Gasteiger partial charge is 0.129 e. The molecule has 2 aromatic rings. The van der Waals surface area contributed by atoms with Crippen LogP contribution in [-0.4, -0.2) is 12.1 Å². The molecule has 3 heteroatoms. The van der Waals surface area contributed by atoms with Crippen LogP contribution in [0, 0.1) is 0 Å². The van der Waals surface area contributed by atoms with Gasteiger partial charge in [0, 0.05) is 0 Å².